The minimum absolute atomic E-state index is 0.0896. The van der Waals surface area contributed by atoms with Gasteiger partial charge in [-0.05, 0) is 47.4 Å². The van der Waals surface area contributed by atoms with Crippen LogP contribution in [0, 0.1) is 10.1 Å². The van der Waals surface area contributed by atoms with Crippen molar-refractivity contribution in [1.29, 1.82) is 0 Å². The van der Waals surface area contributed by atoms with E-state index < -0.39 is 30.0 Å². The van der Waals surface area contributed by atoms with Crippen molar-refractivity contribution >= 4 is 5.97 Å². The van der Waals surface area contributed by atoms with Crippen LogP contribution in [0.2, 0.25) is 0 Å². The number of nitro groups is 1. The van der Waals surface area contributed by atoms with E-state index in [4.69, 9.17) is 23.7 Å². The van der Waals surface area contributed by atoms with E-state index in [1.54, 1.807) is 31.4 Å². The monoisotopic (exact) mass is 456 g/mol. The number of benzene rings is 2. The molecule has 33 heavy (non-hydrogen) atoms. The molecule has 2 aromatic carbocycles. The number of carbonyl (C=O) groups is 1. The van der Waals surface area contributed by atoms with Crippen molar-refractivity contribution in [3.05, 3.63) is 57.1 Å². The Labute approximate surface area is 190 Å². The molecule has 4 atom stereocenters. The Morgan fingerprint density at radius 1 is 1.09 bits per heavy atom. The lowest BCUT2D eigenvalue weighted by Gasteiger charge is -2.34. The normalized spacial score (nSPS) is 25.2. The fraction of sp³-hybridized carbons (Fsp3) is 0.435. The van der Waals surface area contributed by atoms with Crippen LogP contribution in [0.4, 0.5) is 0 Å². The van der Waals surface area contributed by atoms with Gasteiger partial charge in [0.25, 0.3) is 0 Å². The molecule has 0 bridgehead atoms. The molecule has 0 saturated carbocycles. The topological polar surface area (TPSA) is 110 Å². The molecule has 10 nitrogen and oxygen atoms in total. The second-order valence-corrected chi connectivity index (χ2v) is 8.22. The van der Waals surface area contributed by atoms with Gasteiger partial charge in [0.15, 0.2) is 23.0 Å². The SMILES string of the molecule is COC(=O)[C@@H]1[C@H](c2ccc3c(c2)OCO3)[C@@H]([N+](=O)[O-])[C@H]2c3cc(OC)c(OC)cc3CCN12. The smallest absolute Gasteiger partial charge is 0.324 e. The molecule has 3 aliphatic rings. The van der Waals surface area contributed by atoms with Gasteiger partial charge in [-0.1, -0.05) is 6.07 Å². The van der Waals surface area contributed by atoms with Crippen molar-refractivity contribution < 1.29 is 33.4 Å². The Morgan fingerprint density at radius 2 is 1.82 bits per heavy atom. The lowest BCUT2D eigenvalue weighted by molar-refractivity contribution is -0.529. The van der Waals surface area contributed by atoms with Gasteiger partial charge < -0.3 is 23.7 Å². The predicted molar refractivity (Wildman–Crippen MR) is 115 cm³/mol. The van der Waals surface area contributed by atoms with Gasteiger partial charge >= 0.3 is 5.97 Å². The van der Waals surface area contributed by atoms with Crippen LogP contribution in [0.25, 0.3) is 0 Å². The van der Waals surface area contributed by atoms with E-state index >= 15 is 0 Å². The number of carbonyl (C=O) groups excluding carboxylic acids is 1. The van der Waals surface area contributed by atoms with Gasteiger partial charge in [0.2, 0.25) is 12.8 Å². The number of methoxy groups -OCH3 is 3. The molecule has 0 spiro atoms. The predicted octanol–water partition coefficient (Wildman–Crippen LogP) is 2.32. The first-order valence-electron chi connectivity index (χ1n) is 10.6. The van der Waals surface area contributed by atoms with E-state index in [0.717, 1.165) is 11.1 Å². The van der Waals surface area contributed by atoms with E-state index in [2.05, 4.69) is 0 Å². The van der Waals surface area contributed by atoms with Gasteiger partial charge in [0.05, 0.1) is 27.2 Å². The number of nitrogens with zero attached hydrogens (tertiary/aromatic N) is 2. The van der Waals surface area contributed by atoms with Gasteiger partial charge in [-0.15, -0.1) is 0 Å². The second-order valence-electron chi connectivity index (χ2n) is 8.22. The van der Waals surface area contributed by atoms with Gasteiger partial charge in [0.1, 0.15) is 12.1 Å². The van der Waals surface area contributed by atoms with Gasteiger partial charge in [-0.3, -0.25) is 19.8 Å². The van der Waals surface area contributed by atoms with Crippen molar-refractivity contribution in [3.8, 4) is 23.0 Å². The third-order valence-electron chi connectivity index (χ3n) is 6.82. The molecule has 2 aromatic rings. The fourth-order valence-electron chi connectivity index (χ4n) is 5.43. The van der Waals surface area contributed by atoms with Crippen LogP contribution in [0.1, 0.15) is 28.7 Å². The summed E-state index contributed by atoms with van der Waals surface area (Å²) in [7, 11) is 4.38. The van der Waals surface area contributed by atoms with Crippen LogP contribution in [-0.4, -0.2) is 62.5 Å². The third-order valence-corrected chi connectivity index (χ3v) is 6.82. The summed E-state index contributed by atoms with van der Waals surface area (Å²) in [5, 5.41) is 12.5. The summed E-state index contributed by atoms with van der Waals surface area (Å²) in [6.07, 6.45) is 0.609. The molecule has 0 unspecified atom stereocenters. The van der Waals surface area contributed by atoms with Crippen molar-refractivity contribution in [2.45, 2.75) is 30.5 Å². The highest BCUT2D eigenvalue weighted by molar-refractivity contribution is 5.78. The molecule has 1 fully saturated rings. The Morgan fingerprint density at radius 3 is 2.52 bits per heavy atom. The number of rotatable bonds is 5. The van der Waals surface area contributed by atoms with Crippen molar-refractivity contribution in [2.24, 2.45) is 0 Å². The summed E-state index contributed by atoms with van der Waals surface area (Å²) in [4.78, 5) is 27.1. The number of hydrogen-bond donors (Lipinski definition) is 0. The molecule has 10 heteroatoms. The van der Waals surface area contributed by atoms with Crippen molar-refractivity contribution in [2.75, 3.05) is 34.7 Å². The van der Waals surface area contributed by atoms with Gasteiger partial charge in [-0.2, -0.15) is 0 Å². The molecule has 0 aliphatic carbocycles. The van der Waals surface area contributed by atoms with Crippen LogP contribution < -0.4 is 18.9 Å². The zero-order chi connectivity index (χ0) is 23.3. The molecule has 3 aliphatic heterocycles. The first kappa shape index (κ1) is 21.3. The maximum absolute atomic E-state index is 13.0. The molecule has 3 heterocycles. The van der Waals surface area contributed by atoms with Crippen molar-refractivity contribution in [1.82, 2.24) is 4.90 Å². The molecule has 0 radical (unpaired) electrons. The van der Waals surface area contributed by atoms with E-state index in [0.29, 0.717) is 41.5 Å². The average molecular weight is 456 g/mol. The maximum Gasteiger partial charge on any atom is 0.324 e. The molecule has 0 N–H and O–H groups in total. The average Bonchev–Trinajstić information content (AvgIpc) is 3.44. The number of hydrogen-bond acceptors (Lipinski definition) is 9. The highest BCUT2D eigenvalue weighted by Gasteiger charge is 2.61. The minimum Gasteiger partial charge on any atom is -0.493 e. The van der Waals surface area contributed by atoms with E-state index in [9.17, 15) is 14.9 Å². The molecule has 0 amide bonds. The molecule has 174 valence electrons. The van der Waals surface area contributed by atoms with E-state index in [1.165, 1.54) is 14.2 Å². The van der Waals surface area contributed by atoms with Gasteiger partial charge in [-0.25, -0.2) is 0 Å². The Balaban J connectivity index is 1.67. The number of ether oxygens (including phenoxy) is 5. The van der Waals surface area contributed by atoms with E-state index in [-0.39, 0.29) is 11.7 Å². The first-order valence-corrected chi connectivity index (χ1v) is 10.6. The fourth-order valence-corrected chi connectivity index (χ4v) is 5.43. The van der Waals surface area contributed by atoms with Gasteiger partial charge in [0, 0.05) is 11.5 Å². The number of esters is 1. The quantitative estimate of drug-likeness (QED) is 0.380. The summed E-state index contributed by atoms with van der Waals surface area (Å²) < 4.78 is 26.9. The van der Waals surface area contributed by atoms with Crippen LogP contribution in [0.15, 0.2) is 30.3 Å². The molecular weight excluding hydrogens is 432 g/mol. The van der Waals surface area contributed by atoms with Crippen LogP contribution >= 0.6 is 0 Å². The first-order chi connectivity index (χ1) is 16.0. The highest BCUT2D eigenvalue weighted by atomic mass is 16.7. The molecular formula is C23H24N2O8. The van der Waals surface area contributed by atoms with Crippen LogP contribution in [0.3, 0.4) is 0 Å². The summed E-state index contributed by atoms with van der Waals surface area (Å²) in [6.45, 7) is 0.560. The number of fused-ring (bicyclic) bond motifs is 4. The Hall–Kier alpha value is -3.53. The van der Waals surface area contributed by atoms with Crippen LogP contribution in [0.5, 0.6) is 23.0 Å². The minimum atomic E-state index is -1.09. The van der Waals surface area contributed by atoms with E-state index in [1.807, 2.05) is 11.0 Å². The summed E-state index contributed by atoms with van der Waals surface area (Å²) in [5.74, 6) is 0.888. The van der Waals surface area contributed by atoms with Crippen molar-refractivity contribution in [3.63, 3.8) is 0 Å². The second kappa shape index (κ2) is 8.11. The zero-order valence-electron chi connectivity index (χ0n) is 18.5. The largest absolute Gasteiger partial charge is 0.493 e. The zero-order valence-corrected chi connectivity index (χ0v) is 18.5. The summed E-state index contributed by atoms with van der Waals surface area (Å²) in [5.41, 5.74) is 2.33. The molecule has 0 aromatic heterocycles. The summed E-state index contributed by atoms with van der Waals surface area (Å²) >= 11 is 0. The molecule has 5 rings (SSSR count). The maximum atomic E-state index is 13.0. The lowest BCUT2D eigenvalue weighted by Crippen LogP contribution is -2.43. The Bertz CT molecular complexity index is 1120. The Kier molecular flexibility index (Phi) is 5.24. The standard InChI is InChI=1S/C23H24N2O8/c1-29-16-8-12-6-7-24-20(14(12)10-17(16)30-2)21(25(27)28)19(22(24)23(26)31-3)13-4-5-15-18(9-13)33-11-32-15/h4-5,8-10,19-22H,6-7,11H2,1-3H3/t19-,20-,21-,22+/m1/s1. The van der Waals surface area contributed by atoms with Crippen LogP contribution in [-0.2, 0) is 16.0 Å². The lowest BCUT2D eigenvalue weighted by atomic mass is 9.83. The third kappa shape index (κ3) is 3.24. The summed E-state index contributed by atoms with van der Waals surface area (Å²) in [6, 6.07) is 6.32. The highest BCUT2D eigenvalue weighted by Crippen LogP contribution is 2.52. The molecule has 1 saturated heterocycles.